The van der Waals surface area contributed by atoms with Crippen molar-refractivity contribution in [2.75, 3.05) is 38.2 Å². The molecule has 4 N–H and O–H groups in total. The Morgan fingerprint density at radius 3 is 2.41 bits per heavy atom. The number of amidine groups is 1. The number of esters is 1. The second kappa shape index (κ2) is 14.6. The second-order valence-corrected chi connectivity index (χ2v) is 8.87. The van der Waals surface area contributed by atoms with Crippen LogP contribution in [0.1, 0.15) is 57.2 Å². The molecule has 1 aliphatic rings. The molecule has 204 valence electrons. The van der Waals surface area contributed by atoms with Crippen molar-refractivity contribution in [2.45, 2.75) is 52.2 Å². The second-order valence-electron chi connectivity index (χ2n) is 8.87. The summed E-state index contributed by atoms with van der Waals surface area (Å²) in [6, 6.07) is 8.52. The number of piperidine rings is 1. The summed E-state index contributed by atoms with van der Waals surface area (Å²) < 4.78 is 32.9. The SMILES string of the molecule is CCOC(=O)C(Nc1ccc(C(=N)N)cc1)c1cc(OCC)cc(OC(C)CN2CCCCC2)c1F.Cl. The van der Waals surface area contributed by atoms with Gasteiger partial charge < -0.3 is 25.3 Å². The molecular formula is C27H38ClFN4O4. The van der Waals surface area contributed by atoms with Gasteiger partial charge in [0.1, 0.15) is 17.7 Å². The maximum Gasteiger partial charge on any atom is 0.333 e. The van der Waals surface area contributed by atoms with E-state index >= 15 is 4.39 Å². The Morgan fingerprint density at radius 2 is 1.81 bits per heavy atom. The van der Waals surface area contributed by atoms with Crippen LogP contribution in [0.3, 0.4) is 0 Å². The molecular weight excluding hydrogens is 499 g/mol. The summed E-state index contributed by atoms with van der Waals surface area (Å²) in [5.74, 6) is -0.914. The van der Waals surface area contributed by atoms with Gasteiger partial charge in [0, 0.05) is 29.4 Å². The van der Waals surface area contributed by atoms with Crippen molar-refractivity contribution in [2.24, 2.45) is 5.73 Å². The van der Waals surface area contributed by atoms with Crippen molar-refractivity contribution in [1.29, 1.82) is 5.41 Å². The normalized spacial score (nSPS) is 15.1. The maximum absolute atomic E-state index is 15.9. The monoisotopic (exact) mass is 536 g/mol. The van der Waals surface area contributed by atoms with Gasteiger partial charge in [-0.15, -0.1) is 12.4 Å². The highest BCUT2D eigenvalue weighted by atomic mass is 35.5. The number of hydrogen-bond donors (Lipinski definition) is 3. The van der Waals surface area contributed by atoms with Crippen molar-refractivity contribution in [3.8, 4) is 11.5 Å². The first kappa shape index (κ1) is 30.2. The van der Waals surface area contributed by atoms with Crippen molar-refractivity contribution in [1.82, 2.24) is 4.90 Å². The molecule has 0 bridgehead atoms. The summed E-state index contributed by atoms with van der Waals surface area (Å²) in [4.78, 5) is 15.3. The van der Waals surface area contributed by atoms with Crippen LogP contribution < -0.4 is 20.5 Å². The first-order chi connectivity index (χ1) is 17.3. The number of likely N-dealkylation sites (tertiary alicyclic amines) is 1. The molecule has 1 heterocycles. The van der Waals surface area contributed by atoms with Gasteiger partial charge in [0.15, 0.2) is 17.6 Å². The van der Waals surface area contributed by atoms with Gasteiger partial charge in [0.2, 0.25) is 0 Å². The van der Waals surface area contributed by atoms with E-state index in [0.29, 0.717) is 30.2 Å². The largest absolute Gasteiger partial charge is 0.494 e. The number of rotatable bonds is 12. The Hall–Kier alpha value is -3.04. The number of carbonyl (C=O) groups excluding carboxylic acids is 1. The number of hydrogen-bond acceptors (Lipinski definition) is 7. The Kier molecular flexibility index (Phi) is 11.9. The van der Waals surface area contributed by atoms with E-state index in [1.54, 1.807) is 31.2 Å². The fourth-order valence-corrected chi connectivity index (χ4v) is 4.30. The summed E-state index contributed by atoms with van der Waals surface area (Å²) in [5.41, 5.74) is 6.68. The average Bonchev–Trinajstić information content (AvgIpc) is 2.85. The molecule has 2 aromatic carbocycles. The summed E-state index contributed by atoms with van der Waals surface area (Å²) in [5, 5.41) is 10.6. The molecule has 0 spiro atoms. The molecule has 1 saturated heterocycles. The lowest BCUT2D eigenvalue weighted by atomic mass is 10.0. The molecule has 10 heteroatoms. The molecule has 1 aliphatic heterocycles. The molecule has 1 fully saturated rings. The minimum absolute atomic E-state index is 0. The fourth-order valence-electron chi connectivity index (χ4n) is 4.30. The smallest absolute Gasteiger partial charge is 0.333 e. The molecule has 0 amide bonds. The van der Waals surface area contributed by atoms with Crippen LogP contribution in [-0.4, -0.2) is 55.7 Å². The predicted molar refractivity (Wildman–Crippen MR) is 146 cm³/mol. The predicted octanol–water partition coefficient (Wildman–Crippen LogP) is 4.90. The van der Waals surface area contributed by atoms with Crippen molar-refractivity contribution < 1.29 is 23.4 Å². The number of anilines is 1. The molecule has 2 aromatic rings. The van der Waals surface area contributed by atoms with Gasteiger partial charge in [-0.25, -0.2) is 9.18 Å². The van der Waals surface area contributed by atoms with Gasteiger partial charge in [0.25, 0.3) is 0 Å². The van der Waals surface area contributed by atoms with Crippen LogP contribution in [-0.2, 0) is 9.53 Å². The minimum atomic E-state index is -1.15. The molecule has 0 saturated carbocycles. The number of carbonyl (C=O) groups is 1. The van der Waals surface area contributed by atoms with E-state index in [2.05, 4.69) is 10.2 Å². The molecule has 0 aliphatic carbocycles. The number of benzene rings is 2. The minimum Gasteiger partial charge on any atom is -0.494 e. The van der Waals surface area contributed by atoms with Crippen LogP contribution >= 0.6 is 12.4 Å². The first-order valence-corrected chi connectivity index (χ1v) is 12.5. The number of halogens is 2. The highest BCUT2D eigenvalue weighted by Gasteiger charge is 2.29. The summed E-state index contributed by atoms with van der Waals surface area (Å²) >= 11 is 0. The van der Waals surface area contributed by atoms with Gasteiger partial charge in [-0.3, -0.25) is 10.3 Å². The van der Waals surface area contributed by atoms with Crippen LogP contribution in [0.2, 0.25) is 0 Å². The van der Waals surface area contributed by atoms with Crippen LogP contribution in [0.15, 0.2) is 36.4 Å². The Balaban J connectivity index is 0.00000481. The number of nitrogens with one attached hydrogen (secondary N) is 2. The molecule has 0 radical (unpaired) electrons. The molecule has 2 unspecified atom stereocenters. The molecule has 3 rings (SSSR count). The van der Waals surface area contributed by atoms with Gasteiger partial charge in [-0.2, -0.15) is 0 Å². The zero-order chi connectivity index (χ0) is 26.1. The summed E-state index contributed by atoms with van der Waals surface area (Å²) in [6.07, 6.45) is 3.30. The Morgan fingerprint density at radius 1 is 1.14 bits per heavy atom. The van der Waals surface area contributed by atoms with Gasteiger partial charge in [0.05, 0.1) is 13.2 Å². The lowest BCUT2D eigenvalue weighted by Crippen LogP contribution is -2.37. The summed E-state index contributed by atoms with van der Waals surface area (Å²) in [7, 11) is 0. The van der Waals surface area contributed by atoms with E-state index in [1.165, 1.54) is 18.6 Å². The third-order valence-electron chi connectivity index (χ3n) is 5.98. The van der Waals surface area contributed by atoms with Crippen LogP contribution in [0.5, 0.6) is 11.5 Å². The van der Waals surface area contributed by atoms with Crippen LogP contribution in [0.4, 0.5) is 10.1 Å². The topological polar surface area (TPSA) is 110 Å². The Bertz CT molecular complexity index is 1030. The van der Waals surface area contributed by atoms with Gasteiger partial charge >= 0.3 is 5.97 Å². The number of nitrogens with zero attached hydrogens (tertiary/aromatic N) is 1. The first-order valence-electron chi connectivity index (χ1n) is 12.5. The third-order valence-corrected chi connectivity index (χ3v) is 5.98. The maximum atomic E-state index is 15.9. The average molecular weight is 537 g/mol. The Labute approximate surface area is 224 Å². The molecule has 8 nitrogen and oxygen atoms in total. The van der Waals surface area contributed by atoms with E-state index in [4.69, 9.17) is 25.4 Å². The van der Waals surface area contributed by atoms with E-state index in [9.17, 15) is 4.79 Å². The van der Waals surface area contributed by atoms with Crippen molar-refractivity contribution >= 4 is 29.9 Å². The van der Waals surface area contributed by atoms with Crippen molar-refractivity contribution in [3.63, 3.8) is 0 Å². The van der Waals surface area contributed by atoms with E-state index in [1.807, 2.05) is 13.8 Å². The number of nitrogens with two attached hydrogens (primary N) is 1. The van der Waals surface area contributed by atoms with Crippen molar-refractivity contribution in [3.05, 3.63) is 53.3 Å². The third kappa shape index (κ3) is 8.50. The van der Waals surface area contributed by atoms with E-state index < -0.39 is 17.8 Å². The summed E-state index contributed by atoms with van der Waals surface area (Å²) in [6.45, 7) is 8.67. The quantitative estimate of drug-likeness (QED) is 0.201. The fraction of sp³-hybridized carbons (Fsp3) is 0.481. The van der Waals surface area contributed by atoms with Gasteiger partial charge in [-0.05, 0) is 77.0 Å². The lowest BCUT2D eigenvalue weighted by molar-refractivity contribution is -0.144. The van der Waals surface area contributed by atoms with E-state index in [0.717, 1.165) is 25.9 Å². The molecule has 0 aromatic heterocycles. The zero-order valence-corrected chi connectivity index (χ0v) is 22.5. The van der Waals surface area contributed by atoms with Crippen LogP contribution in [0, 0.1) is 11.2 Å². The zero-order valence-electron chi connectivity index (χ0n) is 21.7. The highest BCUT2D eigenvalue weighted by Crippen LogP contribution is 2.34. The van der Waals surface area contributed by atoms with Gasteiger partial charge in [-0.1, -0.05) is 6.42 Å². The lowest BCUT2D eigenvalue weighted by Gasteiger charge is -2.29. The number of ether oxygens (including phenoxy) is 3. The standard InChI is InChI=1S/C27H37FN4O4.ClH/c1-4-34-21-15-22(24(28)23(16-21)36-18(3)17-32-13-7-6-8-14-32)25(27(33)35-5-2)31-20-11-9-19(10-12-20)26(29)30;/h9-12,15-16,18,25,31H,4-8,13-14,17H2,1-3H3,(H3,29,30);1H. The molecule has 37 heavy (non-hydrogen) atoms. The highest BCUT2D eigenvalue weighted by molar-refractivity contribution is 5.95. The molecule has 2 atom stereocenters. The van der Waals surface area contributed by atoms with E-state index in [-0.39, 0.29) is 42.3 Å². The van der Waals surface area contributed by atoms with Crippen LogP contribution in [0.25, 0.3) is 0 Å². The number of nitrogen functional groups attached to an aromatic ring is 1.